The van der Waals surface area contributed by atoms with Gasteiger partial charge in [-0.25, -0.2) is 20.0 Å². The second-order valence-electron chi connectivity index (χ2n) is 11.0. The molecule has 0 radical (unpaired) electrons. The third-order valence-electron chi connectivity index (χ3n) is 8.88. The summed E-state index contributed by atoms with van der Waals surface area (Å²) in [5.74, 6) is 2.33. The monoisotopic (exact) mass is 612 g/mol. The molecular weight excluding hydrogens is 593 g/mol. The SMILES string of the molecule is [S-]N1C2=NC3(c4ccccn4)N4Cn5c(nc6ccccc65)N([S-])C4=NC3(c3ccccn3)N2Cn2c1nc1ccccc12. The van der Waals surface area contributed by atoms with Crippen LogP contribution in [0.25, 0.3) is 22.1 Å². The molecule has 2 aromatic carbocycles. The smallest absolute Gasteiger partial charge is 0.232 e. The maximum atomic E-state index is 6.11. The van der Waals surface area contributed by atoms with Gasteiger partial charge < -0.3 is 34.2 Å². The number of rotatable bonds is 2. The minimum atomic E-state index is -1.23. The number of guanidine groups is 2. The van der Waals surface area contributed by atoms with Gasteiger partial charge in [-0.3, -0.25) is 28.9 Å². The number of fused-ring (bicyclic) bond motifs is 11. The molecule has 0 fully saturated rings. The summed E-state index contributed by atoms with van der Waals surface area (Å²) in [6.07, 6.45) is 3.56. The van der Waals surface area contributed by atoms with Gasteiger partial charge in [-0.1, -0.05) is 36.4 Å². The average molecular weight is 613 g/mol. The first kappa shape index (κ1) is 24.4. The van der Waals surface area contributed by atoms with Gasteiger partial charge in [0, 0.05) is 12.4 Å². The second-order valence-corrected chi connectivity index (χ2v) is 11.7. The number of anilines is 2. The van der Waals surface area contributed by atoms with Crippen molar-refractivity contribution < 1.29 is 0 Å². The minimum Gasteiger partial charge on any atom is -0.655 e. The van der Waals surface area contributed by atoms with Gasteiger partial charge in [0.05, 0.1) is 33.5 Å². The molecule has 8 heterocycles. The van der Waals surface area contributed by atoms with Crippen LogP contribution in [0.1, 0.15) is 11.4 Å². The lowest BCUT2D eigenvalue weighted by Crippen LogP contribution is -2.62. The lowest BCUT2D eigenvalue weighted by atomic mass is 9.86. The Bertz CT molecular complexity index is 2060. The van der Waals surface area contributed by atoms with Crippen molar-refractivity contribution in [2.75, 3.05) is 8.61 Å². The number of hydrogen-bond donors (Lipinski definition) is 0. The number of nitrogens with zero attached hydrogens (tertiary/aromatic N) is 12. The molecule has 4 aliphatic rings. The number of aliphatic imine (C=N–C) groups is 2. The van der Waals surface area contributed by atoms with Gasteiger partial charge in [0.15, 0.2) is 23.8 Å². The molecule has 44 heavy (non-hydrogen) atoms. The van der Waals surface area contributed by atoms with Crippen molar-refractivity contribution in [1.29, 1.82) is 0 Å². The summed E-state index contributed by atoms with van der Waals surface area (Å²) in [4.78, 5) is 35.0. The summed E-state index contributed by atoms with van der Waals surface area (Å²) >= 11 is 12.2. The molecule has 2 unspecified atom stereocenters. The summed E-state index contributed by atoms with van der Waals surface area (Å²) in [5, 5.41) is 0. The Kier molecular flexibility index (Phi) is 4.60. The minimum absolute atomic E-state index is 0.378. The molecule has 0 aliphatic carbocycles. The van der Waals surface area contributed by atoms with Crippen LogP contribution < -0.4 is 8.61 Å². The van der Waals surface area contributed by atoms with Crippen LogP contribution in [-0.2, 0) is 50.3 Å². The fourth-order valence-corrected chi connectivity index (χ4v) is 7.61. The van der Waals surface area contributed by atoms with E-state index in [0.29, 0.717) is 48.5 Å². The number of benzene rings is 2. The molecule has 0 N–H and O–H groups in total. The van der Waals surface area contributed by atoms with Crippen LogP contribution in [0.15, 0.2) is 107 Å². The van der Waals surface area contributed by atoms with Gasteiger partial charge in [-0.2, -0.15) is 0 Å². The van der Waals surface area contributed by atoms with E-state index in [1.807, 2.05) is 84.9 Å². The fraction of sp³-hybridized carbons (Fsp3) is 0.133. The topological polar surface area (TPSA) is 99.1 Å². The van der Waals surface area contributed by atoms with Gasteiger partial charge in [-0.15, -0.1) is 0 Å². The van der Waals surface area contributed by atoms with Gasteiger partial charge in [0.25, 0.3) is 0 Å². The molecule has 10 rings (SSSR count). The Hall–Kier alpha value is -5.08. The Morgan fingerprint density at radius 2 is 0.977 bits per heavy atom. The first-order chi connectivity index (χ1) is 21.6. The number of aromatic nitrogens is 6. The first-order valence-corrected chi connectivity index (χ1v) is 14.8. The van der Waals surface area contributed by atoms with Crippen molar-refractivity contribution >= 4 is 71.5 Å². The lowest BCUT2D eigenvalue weighted by Gasteiger charge is -2.49. The molecule has 6 aromatic rings. The van der Waals surface area contributed by atoms with Crippen LogP contribution in [0.2, 0.25) is 0 Å². The van der Waals surface area contributed by atoms with E-state index in [0.717, 1.165) is 22.1 Å². The summed E-state index contributed by atoms with van der Waals surface area (Å²) in [6, 6.07) is 27.7. The lowest BCUT2D eigenvalue weighted by molar-refractivity contribution is 0.00421. The average Bonchev–Trinajstić information content (AvgIpc) is 3.79. The van der Waals surface area contributed by atoms with E-state index in [-0.39, 0.29) is 0 Å². The summed E-state index contributed by atoms with van der Waals surface area (Å²) < 4.78 is 7.45. The highest BCUT2D eigenvalue weighted by molar-refractivity contribution is 7.61. The maximum Gasteiger partial charge on any atom is 0.232 e. The highest BCUT2D eigenvalue weighted by Gasteiger charge is 2.73. The molecule has 4 aromatic heterocycles. The quantitative estimate of drug-likeness (QED) is 0.271. The molecular formula is C30H20N12S2-2. The van der Waals surface area contributed by atoms with E-state index in [2.05, 4.69) is 18.9 Å². The molecule has 12 nitrogen and oxygen atoms in total. The summed E-state index contributed by atoms with van der Waals surface area (Å²) in [7, 11) is 0. The molecule has 0 saturated carbocycles. The van der Waals surface area contributed by atoms with Crippen molar-refractivity contribution in [2.45, 2.75) is 24.7 Å². The third kappa shape index (κ3) is 2.74. The summed E-state index contributed by atoms with van der Waals surface area (Å²) in [6.45, 7) is 0.755. The highest BCUT2D eigenvalue weighted by atomic mass is 32.1. The zero-order valence-corrected chi connectivity index (χ0v) is 24.5. The van der Waals surface area contributed by atoms with Crippen LogP contribution in [0.3, 0.4) is 0 Å². The maximum absolute atomic E-state index is 6.11. The van der Waals surface area contributed by atoms with E-state index in [1.54, 1.807) is 21.0 Å². The van der Waals surface area contributed by atoms with Crippen LogP contribution >= 0.6 is 0 Å². The van der Waals surface area contributed by atoms with Crippen LogP contribution in [-0.4, -0.2) is 50.8 Å². The van der Waals surface area contributed by atoms with Crippen molar-refractivity contribution in [2.24, 2.45) is 9.98 Å². The zero-order valence-electron chi connectivity index (χ0n) is 22.8. The molecule has 0 spiro atoms. The van der Waals surface area contributed by atoms with E-state index >= 15 is 0 Å². The Labute approximate surface area is 261 Å². The predicted octanol–water partition coefficient (Wildman–Crippen LogP) is 3.40. The predicted molar refractivity (Wildman–Crippen MR) is 170 cm³/mol. The number of pyridine rings is 2. The van der Waals surface area contributed by atoms with Crippen LogP contribution in [0.5, 0.6) is 0 Å². The van der Waals surface area contributed by atoms with Crippen molar-refractivity contribution in [1.82, 2.24) is 38.9 Å². The Morgan fingerprint density at radius 3 is 1.41 bits per heavy atom. The molecule has 0 saturated heterocycles. The third-order valence-corrected chi connectivity index (χ3v) is 9.53. The number of hydrogen-bond acceptors (Lipinski definition) is 12. The normalized spacial score (nSPS) is 23.3. The van der Waals surface area contributed by atoms with Crippen molar-refractivity contribution in [3.05, 3.63) is 109 Å². The molecule has 4 aliphatic heterocycles. The zero-order chi connectivity index (χ0) is 29.2. The van der Waals surface area contributed by atoms with E-state index in [1.165, 1.54) is 0 Å². The van der Waals surface area contributed by atoms with Gasteiger partial charge in [0.2, 0.25) is 11.3 Å². The number of imidazole rings is 2. The molecule has 14 heteroatoms. The second kappa shape index (κ2) is 8.30. The van der Waals surface area contributed by atoms with Gasteiger partial charge in [0.1, 0.15) is 13.3 Å². The Morgan fingerprint density at radius 1 is 0.545 bits per heavy atom. The van der Waals surface area contributed by atoms with Crippen LogP contribution in [0.4, 0.5) is 11.9 Å². The van der Waals surface area contributed by atoms with Crippen molar-refractivity contribution in [3.63, 3.8) is 0 Å². The first-order valence-electron chi connectivity index (χ1n) is 14.0. The largest absolute Gasteiger partial charge is 0.655 e. The van der Waals surface area contributed by atoms with Gasteiger partial charge in [-0.05, 0) is 48.5 Å². The Balaban J connectivity index is 1.29. The van der Waals surface area contributed by atoms with E-state index in [4.69, 9.17) is 55.6 Å². The molecule has 0 bridgehead atoms. The van der Waals surface area contributed by atoms with E-state index in [9.17, 15) is 0 Å². The fourth-order valence-electron chi connectivity index (χ4n) is 7.06. The van der Waals surface area contributed by atoms with Crippen molar-refractivity contribution in [3.8, 4) is 0 Å². The molecule has 214 valence electrons. The molecule has 0 amide bonds. The van der Waals surface area contributed by atoms with Gasteiger partial charge >= 0.3 is 0 Å². The van der Waals surface area contributed by atoms with Crippen LogP contribution in [0, 0.1) is 0 Å². The molecule has 2 atom stereocenters. The highest BCUT2D eigenvalue weighted by Crippen LogP contribution is 2.60. The van der Waals surface area contributed by atoms with E-state index < -0.39 is 11.3 Å². The summed E-state index contributed by atoms with van der Waals surface area (Å²) in [5.41, 5.74) is 2.54. The standard InChI is InChI=1S/C30H20N12S2/c43-41-25-33-19-9-1-3-11-21(19)37(25)17-39-27(41)35-30(24-14-6-8-16-32-24)29(39,23-13-5-7-15-31-23)36-28-40(30)18-38-22-12-4-2-10-20(22)34-26(38)42(28)44/h1-16H,17-18H2/q-2. The number of para-hydroxylation sites is 4.